The highest BCUT2D eigenvalue weighted by Crippen LogP contribution is 2.29. The summed E-state index contributed by atoms with van der Waals surface area (Å²) in [5.74, 6) is 0.844. The van der Waals surface area contributed by atoms with E-state index in [9.17, 15) is 0 Å². The van der Waals surface area contributed by atoms with Gasteiger partial charge < -0.3 is 4.74 Å². The van der Waals surface area contributed by atoms with Crippen molar-refractivity contribution in [3.05, 3.63) is 78.1 Å². The molecular weight excluding hydrogens is 336 g/mol. The number of nitrogens with zero attached hydrogens (tertiary/aromatic N) is 4. The third-order valence-electron chi connectivity index (χ3n) is 4.76. The average molecular weight is 356 g/mol. The van der Waals surface area contributed by atoms with E-state index in [0.29, 0.717) is 0 Å². The van der Waals surface area contributed by atoms with Crippen LogP contribution in [0.1, 0.15) is 11.1 Å². The SMILES string of the molecule is COc1cc(-n2nncc2-c2ccc(-c3ccccn3)cc2)cc(C)c1C. The molecule has 4 rings (SSSR count). The van der Waals surface area contributed by atoms with Crippen molar-refractivity contribution in [2.45, 2.75) is 13.8 Å². The average Bonchev–Trinajstić information content (AvgIpc) is 3.20. The molecule has 0 aliphatic rings. The molecule has 2 heterocycles. The quantitative estimate of drug-likeness (QED) is 0.535. The highest BCUT2D eigenvalue weighted by molar-refractivity contribution is 5.67. The van der Waals surface area contributed by atoms with Gasteiger partial charge in [0.25, 0.3) is 0 Å². The molecule has 134 valence electrons. The van der Waals surface area contributed by atoms with Gasteiger partial charge in [-0.05, 0) is 43.2 Å². The van der Waals surface area contributed by atoms with Crippen molar-refractivity contribution in [3.63, 3.8) is 0 Å². The summed E-state index contributed by atoms with van der Waals surface area (Å²) in [5.41, 5.74) is 7.20. The van der Waals surface area contributed by atoms with Crippen LogP contribution in [0.2, 0.25) is 0 Å². The Balaban J connectivity index is 1.74. The van der Waals surface area contributed by atoms with Gasteiger partial charge in [0.05, 0.1) is 30.4 Å². The number of aromatic nitrogens is 4. The van der Waals surface area contributed by atoms with Crippen LogP contribution in [0, 0.1) is 13.8 Å². The molecule has 27 heavy (non-hydrogen) atoms. The summed E-state index contributed by atoms with van der Waals surface area (Å²) in [6, 6.07) is 18.3. The van der Waals surface area contributed by atoms with Gasteiger partial charge in [0.1, 0.15) is 5.75 Å². The van der Waals surface area contributed by atoms with Gasteiger partial charge in [0, 0.05) is 23.4 Å². The molecule has 2 aromatic heterocycles. The summed E-state index contributed by atoms with van der Waals surface area (Å²) in [6.45, 7) is 4.12. The van der Waals surface area contributed by atoms with E-state index in [-0.39, 0.29) is 0 Å². The lowest BCUT2D eigenvalue weighted by atomic mass is 10.1. The minimum atomic E-state index is 0.844. The zero-order valence-corrected chi connectivity index (χ0v) is 15.5. The maximum absolute atomic E-state index is 5.51. The molecule has 0 atom stereocenters. The number of aryl methyl sites for hydroxylation is 1. The van der Waals surface area contributed by atoms with Crippen LogP contribution in [0.5, 0.6) is 5.75 Å². The predicted molar refractivity (Wildman–Crippen MR) is 106 cm³/mol. The minimum absolute atomic E-state index is 0.844. The number of ether oxygens (including phenoxy) is 1. The van der Waals surface area contributed by atoms with Crippen molar-refractivity contribution in [1.82, 2.24) is 20.0 Å². The topological polar surface area (TPSA) is 52.8 Å². The van der Waals surface area contributed by atoms with Crippen molar-refractivity contribution in [2.24, 2.45) is 0 Å². The maximum Gasteiger partial charge on any atom is 0.124 e. The molecule has 0 saturated carbocycles. The number of pyridine rings is 1. The molecule has 2 aromatic carbocycles. The first kappa shape index (κ1) is 17.0. The van der Waals surface area contributed by atoms with E-state index in [1.807, 2.05) is 28.9 Å². The van der Waals surface area contributed by atoms with E-state index in [0.717, 1.165) is 45.1 Å². The number of methoxy groups -OCH3 is 1. The molecule has 0 aliphatic heterocycles. The fourth-order valence-corrected chi connectivity index (χ4v) is 3.11. The van der Waals surface area contributed by atoms with Crippen LogP contribution in [0.3, 0.4) is 0 Å². The molecule has 0 N–H and O–H groups in total. The molecule has 5 heteroatoms. The molecule has 0 saturated heterocycles. The van der Waals surface area contributed by atoms with E-state index in [4.69, 9.17) is 4.74 Å². The van der Waals surface area contributed by atoms with Gasteiger partial charge in [-0.15, -0.1) is 5.10 Å². The highest BCUT2D eigenvalue weighted by atomic mass is 16.5. The molecule has 0 unspecified atom stereocenters. The van der Waals surface area contributed by atoms with E-state index in [1.165, 1.54) is 0 Å². The molecule has 0 fully saturated rings. The molecular formula is C22H20N4O. The zero-order valence-electron chi connectivity index (χ0n) is 15.5. The van der Waals surface area contributed by atoms with Crippen molar-refractivity contribution >= 4 is 0 Å². The molecule has 0 radical (unpaired) electrons. The zero-order chi connectivity index (χ0) is 18.8. The fourth-order valence-electron chi connectivity index (χ4n) is 3.11. The second-order valence-corrected chi connectivity index (χ2v) is 6.41. The maximum atomic E-state index is 5.51. The summed E-state index contributed by atoms with van der Waals surface area (Å²) in [4.78, 5) is 4.40. The number of hydrogen-bond acceptors (Lipinski definition) is 4. The summed E-state index contributed by atoms with van der Waals surface area (Å²) in [7, 11) is 1.68. The Morgan fingerprint density at radius 2 is 1.70 bits per heavy atom. The van der Waals surface area contributed by atoms with Crippen LogP contribution in [-0.4, -0.2) is 27.1 Å². The van der Waals surface area contributed by atoms with Gasteiger partial charge >= 0.3 is 0 Å². The van der Waals surface area contributed by atoms with Crippen LogP contribution in [0.15, 0.2) is 67.0 Å². The van der Waals surface area contributed by atoms with Gasteiger partial charge in [-0.3, -0.25) is 4.98 Å². The van der Waals surface area contributed by atoms with Gasteiger partial charge in [-0.1, -0.05) is 35.5 Å². The van der Waals surface area contributed by atoms with E-state index in [2.05, 4.69) is 59.5 Å². The number of hydrogen-bond donors (Lipinski definition) is 0. The lowest BCUT2D eigenvalue weighted by molar-refractivity contribution is 0.411. The highest BCUT2D eigenvalue weighted by Gasteiger charge is 2.12. The predicted octanol–water partition coefficient (Wildman–Crippen LogP) is 4.62. The minimum Gasteiger partial charge on any atom is -0.496 e. The molecule has 4 aromatic rings. The standard InChI is InChI=1S/C22H20N4O/c1-15-12-19(13-22(27-3)16(15)2)26-21(14-24-25-26)18-9-7-17(8-10-18)20-6-4-5-11-23-20/h4-14H,1-3H3. The molecule has 5 nitrogen and oxygen atoms in total. The molecule has 0 bridgehead atoms. The third kappa shape index (κ3) is 3.19. The van der Waals surface area contributed by atoms with Gasteiger partial charge in [-0.25, -0.2) is 4.68 Å². The largest absolute Gasteiger partial charge is 0.496 e. The van der Waals surface area contributed by atoms with Crippen LogP contribution in [0.25, 0.3) is 28.2 Å². The summed E-state index contributed by atoms with van der Waals surface area (Å²) in [5, 5.41) is 8.41. The number of rotatable bonds is 4. The molecule has 0 aliphatic carbocycles. The Bertz CT molecular complexity index is 1070. The fraction of sp³-hybridized carbons (Fsp3) is 0.136. The monoisotopic (exact) mass is 356 g/mol. The van der Waals surface area contributed by atoms with Crippen LogP contribution in [-0.2, 0) is 0 Å². The van der Waals surface area contributed by atoms with Crippen LogP contribution in [0.4, 0.5) is 0 Å². The third-order valence-corrected chi connectivity index (χ3v) is 4.76. The lowest BCUT2D eigenvalue weighted by Crippen LogP contribution is -2.02. The first-order chi connectivity index (χ1) is 13.2. The Labute approximate surface area is 158 Å². The summed E-state index contributed by atoms with van der Waals surface area (Å²) in [6.07, 6.45) is 3.58. The number of benzene rings is 2. The van der Waals surface area contributed by atoms with E-state index in [1.54, 1.807) is 19.5 Å². The first-order valence-corrected chi connectivity index (χ1v) is 8.75. The normalized spacial score (nSPS) is 10.8. The van der Waals surface area contributed by atoms with Crippen molar-refractivity contribution in [3.8, 4) is 34.0 Å². The summed E-state index contributed by atoms with van der Waals surface area (Å²) >= 11 is 0. The Morgan fingerprint density at radius 1 is 0.926 bits per heavy atom. The second kappa shape index (κ2) is 7.03. The van der Waals surface area contributed by atoms with Gasteiger partial charge in [0.2, 0.25) is 0 Å². The lowest BCUT2D eigenvalue weighted by Gasteiger charge is -2.13. The first-order valence-electron chi connectivity index (χ1n) is 8.75. The second-order valence-electron chi connectivity index (χ2n) is 6.41. The van der Waals surface area contributed by atoms with Gasteiger partial charge in [0.15, 0.2) is 0 Å². The van der Waals surface area contributed by atoms with E-state index >= 15 is 0 Å². The molecule has 0 amide bonds. The summed E-state index contributed by atoms with van der Waals surface area (Å²) < 4.78 is 7.34. The van der Waals surface area contributed by atoms with E-state index < -0.39 is 0 Å². The Kier molecular flexibility index (Phi) is 4.42. The van der Waals surface area contributed by atoms with Gasteiger partial charge in [-0.2, -0.15) is 0 Å². The van der Waals surface area contributed by atoms with Crippen LogP contribution < -0.4 is 4.74 Å². The van der Waals surface area contributed by atoms with Crippen molar-refractivity contribution in [1.29, 1.82) is 0 Å². The molecule has 0 spiro atoms. The Morgan fingerprint density at radius 3 is 2.41 bits per heavy atom. The van der Waals surface area contributed by atoms with Crippen molar-refractivity contribution < 1.29 is 4.74 Å². The Hall–Kier alpha value is -3.47. The van der Waals surface area contributed by atoms with Crippen LogP contribution >= 0.6 is 0 Å². The van der Waals surface area contributed by atoms with Crippen molar-refractivity contribution in [2.75, 3.05) is 7.11 Å². The smallest absolute Gasteiger partial charge is 0.124 e.